The first-order valence-corrected chi connectivity index (χ1v) is 12.7. The molecule has 4 aromatic carbocycles. The van der Waals surface area contributed by atoms with Crippen LogP contribution in [0.4, 0.5) is 5.69 Å². The fourth-order valence-electron chi connectivity index (χ4n) is 6.78. The molecule has 0 unspecified atom stereocenters. The summed E-state index contributed by atoms with van der Waals surface area (Å²) >= 11 is 0. The van der Waals surface area contributed by atoms with Crippen LogP contribution in [0.5, 0.6) is 0 Å². The van der Waals surface area contributed by atoms with Crippen LogP contribution in [0, 0.1) is 10.6 Å². The van der Waals surface area contributed by atoms with Crippen LogP contribution in [0.25, 0.3) is 0 Å². The monoisotopic (exact) mass is 530 g/mol. The number of fused-ring (bicyclic) bond motifs is 2. The number of rotatable bonds is 3. The molecule has 1 fully saturated rings. The lowest BCUT2D eigenvalue weighted by Crippen LogP contribution is -2.51. The number of ether oxygens (including phenoxy) is 1. The minimum absolute atomic E-state index is 0.125. The van der Waals surface area contributed by atoms with Gasteiger partial charge in [-0.1, -0.05) is 91.0 Å². The number of benzene rings is 4. The van der Waals surface area contributed by atoms with E-state index in [2.05, 4.69) is 0 Å². The molecule has 0 saturated carbocycles. The van der Waals surface area contributed by atoms with Gasteiger partial charge in [0.25, 0.3) is 0 Å². The highest BCUT2D eigenvalue weighted by Crippen LogP contribution is 2.68. The fourth-order valence-corrected chi connectivity index (χ4v) is 6.78. The van der Waals surface area contributed by atoms with E-state index in [1.165, 1.54) is 36.4 Å². The summed E-state index contributed by atoms with van der Waals surface area (Å²) < 4.78 is 6.59. The first-order chi connectivity index (χ1) is 19.3. The predicted octanol–water partition coefficient (Wildman–Crippen LogP) is 5.12. The van der Waals surface area contributed by atoms with Crippen LogP contribution < -0.4 is 5.23 Å². The molecule has 0 amide bonds. The lowest BCUT2D eigenvalue weighted by atomic mass is 9.60. The van der Waals surface area contributed by atoms with Crippen LogP contribution in [0.1, 0.15) is 64.6 Å². The zero-order valence-electron chi connectivity index (χ0n) is 20.8. The van der Waals surface area contributed by atoms with Gasteiger partial charge in [0.05, 0.1) is 11.6 Å². The Kier molecular flexibility index (Phi) is 5.08. The molecule has 196 valence electrons. The molecule has 1 heterocycles. The van der Waals surface area contributed by atoms with Gasteiger partial charge in [-0.25, -0.2) is 0 Å². The first-order valence-electron chi connectivity index (χ1n) is 12.7. The van der Waals surface area contributed by atoms with Gasteiger partial charge in [-0.3, -0.25) is 24.4 Å². The van der Waals surface area contributed by atoms with Gasteiger partial charge in [0, 0.05) is 22.3 Å². The molecule has 1 N–H and O–H groups in total. The Morgan fingerprint density at radius 2 is 1.10 bits per heavy atom. The molecule has 2 spiro atoms. The molecular formula is C32H20NO7-. The van der Waals surface area contributed by atoms with Crippen LogP contribution >= 0.6 is 0 Å². The highest BCUT2D eigenvalue weighted by molar-refractivity contribution is 6.37. The molecule has 7 rings (SSSR count). The van der Waals surface area contributed by atoms with Gasteiger partial charge in [-0.2, -0.15) is 0 Å². The molecule has 40 heavy (non-hydrogen) atoms. The topological polar surface area (TPSA) is 124 Å². The minimum Gasteiger partial charge on any atom is -0.733 e. The third-order valence-electron chi connectivity index (χ3n) is 8.36. The van der Waals surface area contributed by atoms with Crippen molar-refractivity contribution in [2.45, 2.75) is 17.6 Å². The van der Waals surface area contributed by atoms with Gasteiger partial charge in [0.15, 0.2) is 11.6 Å². The summed E-state index contributed by atoms with van der Waals surface area (Å²) in [6.07, 6.45) is -1.31. The number of Topliss-reactive ketones (excluding diaryl/α,β-unsaturated/α-hetero) is 4. The van der Waals surface area contributed by atoms with E-state index in [9.17, 15) is 29.6 Å². The van der Waals surface area contributed by atoms with Gasteiger partial charge in [-0.05, 0) is 23.3 Å². The summed E-state index contributed by atoms with van der Waals surface area (Å²) in [5, 5.41) is 21.3. The van der Waals surface area contributed by atoms with Crippen molar-refractivity contribution >= 4 is 28.8 Å². The Hall–Kier alpha value is -4.76. The van der Waals surface area contributed by atoms with Gasteiger partial charge in [-0.15, -0.1) is 0 Å². The summed E-state index contributed by atoms with van der Waals surface area (Å²) in [5.41, 5.74) is -3.34. The zero-order chi connectivity index (χ0) is 27.8. The molecule has 0 aromatic heterocycles. The van der Waals surface area contributed by atoms with Crippen LogP contribution in [0.15, 0.2) is 103 Å². The fraction of sp³-hybridized carbons (Fsp3) is 0.125. The second-order valence-electron chi connectivity index (χ2n) is 10.2. The van der Waals surface area contributed by atoms with E-state index >= 15 is 0 Å². The molecule has 3 aliphatic rings. The summed E-state index contributed by atoms with van der Waals surface area (Å²) in [4.78, 5) is 57.9. The van der Waals surface area contributed by atoms with E-state index in [4.69, 9.17) is 4.74 Å². The van der Waals surface area contributed by atoms with E-state index in [0.717, 1.165) is 0 Å². The van der Waals surface area contributed by atoms with Gasteiger partial charge in [0.2, 0.25) is 17.2 Å². The Balaban J connectivity index is 1.60. The molecule has 1 saturated heterocycles. The molecule has 8 nitrogen and oxygen atoms in total. The van der Waals surface area contributed by atoms with Crippen LogP contribution in [-0.2, 0) is 4.74 Å². The van der Waals surface area contributed by atoms with Crippen molar-refractivity contribution in [2.24, 2.45) is 5.41 Å². The van der Waals surface area contributed by atoms with Crippen molar-refractivity contribution in [3.05, 3.63) is 142 Å². The van der Waals surface area contributed by atoms with Crippen LogP contribution in [-0.4, -0.2) is 33.9 Å². The van der Waals surface area contributed by atoms with E-state index in [1.807, 2.05) is 0 Å². The second kappa shape index (κ2) is 8.37. The molecule has 2 atom stereocenters. The lowest BCUT2D eigenvalue weighted by molar-refractivity contribution is -0.0210. The average molecular weight is 531 g/mol. The highest BCUT2D eigenvalue weighted by atomic mass is 16.8. The van der Waals surface area contributed by atoms with Gasteiger partial charge in [0.1, 0.15) is 11.5 Å². The summed E-state index contributed by atoms with van der Waals surface area (Å²) in [7, 11) is 0. The number of ketones is 4. The van der Waals surface area contributed by atoms with Crippen LogP contribution in [0.3, 0.4) is 0 Å². The molecule has 4 aromatic rings. The number of hydrogen-bond donors (Lipinski definition) is 1. The summed E-state index contributed by atoms with van der Waals surface area (Å²) in [6, 6.07) is 26.9. The van der Waals surface area contributed by atoms with Crippen LogP contribution in [0.2, 0.25) is 0 Å². The predicted molar refractivity (Wildman–Crippen MR) is 142 cm³/mol. The maximum atomic E-state index is 14.6. The number of carbonyl (C=O) groups is 4. The maximum Gasteiger partial charge on any atom is 0.204 e. The third-order valence-corrected chi connectivity index (χ3v) is 8.36. The van der Waals surface area contributed by atoms with Gasteiger partial charge >= 0.3 is 0 Å². The number of anilines is 1. The zero-order valence-corrected chi connectivity index (χ0v) is 20.8. The number of carbonyl (C=O) groups excluding carboxylic acids is 4. The summed E-state index contributed by atoms with van der Waals surface area (Å²) in [5.74, 6) is -3.94. The van der Waals surface area contributed by atoms with Crippen molar-refractivity contribution in [2.75, 3.05) is 5.23 Å². The Morgan fingerprint density at radius 1 is 0.625 bits per heavy atom. The second-order valence-corrected chi connectivity index (χ2v) is 10.2. The van der Waals surface area contributed by atoms with Crippen molar-refractivity contribution in [3.8, 4) is 0 Å². The smallest absolute Gasteiger partial charge is 0.204 e. The average Bonchev–Trinajstić information content (AvgIpc) is 3.52. The minimum atomic E-state index is -2.28. The van der Waals surface area contributed by atoms with E-state index < -0.39 is 46.2 Å². The maximum absolute atomic E-state index is 14.6. The van der Waals surface area contributed by atoms with Crippen molar-refractivity contribution < 1.29 is 29.1 Å². The number of hydrogen-bond acceptors (Lipinski definition) is 8. The van der Waals surface area contributed by atoms with E-state index in [0.29, 0.717) is 5.56 Å². The van der Waals surface area contributed by atoms with Crippen molar-refractivity contribution in [3.63, 3.8) is 0 Å². The normalized spacial score (nSPS) is 21.8. The third kappa shape index (κ3) is 2.84. The van der Waals surface area contributed by atoms with E-state index in [1.54, 1.807) is 66.7 Å². The standard InChI is InChI=1S/C32H20NO7/c34-26-21-13-4-5-14-22(21)27(35)31(26)25(19-11-8-12-20(17-19)33(38)39)32(40-30(31)18-9-2-1-3-10-18)28(36)23-15-6-7-16-24(23)29(32)37/h1-17,25,30,38H/q-1/t25-,30+/m0/s1. The van der Waals surface area contributed by atoms with E-state index in [-0.39, 0.29) is 38.7 Å². The molecule has 2 aliphatic carbocycles. The number of nitrogens with zero attached hydrogens (tertiary/aromatic N) is 1. The SMILES string of the molecule is O=C1c2ccccc2C(=O)C12O[C@H](c1ccccc1)C1(C(=O)c3ccccc3C1=O)[C@@H]2c1cccc(N([O-])O)c1. The largest absolute Gasteiger partial charge is 0.733 e. The molecular weight excluding hydrogens is 510 g/mol. The Bertz CT molecular complexity index is 1690. The lowest BCUT2D eigenvalue weighted by Gasteiger charge is -2.35. The highest BCUT2D eigenvalue weighted by Gasteiger charge is 2.79. The van der Waals surface area contributed by atoms with Gasteiger partial charge < -0.3 is 15.2 Å². The quantitative estimate of drug-likeness (QED) is 0.286. The summed E-state index contributed by atoms with van der Waals surface area (Å²) in [6.45, 7) is 0. The molecule has 8 heteroatoms. The van der Waals surface area contributed by atoms with Crippen molar-refractivity contribution in [1.82, 2.24) is 0 Å². The molecule has 0 radical (unpaired) electrons. The molecule has 0 bridgehead atoms. The Morgan fingerprint density at radius 3 is 1.62 bits per heavy atom. The molecule has 1 aliphatic heterocycles. The Labute approximate surface area is 228 Å². The first kappa shape index (κ1) is 24.3. The van der Waals surface area contributed by atoms with Crippen molar-refractivity contribution in [1.29, 1.82) is 0 Å².